The number of hydrogen-bond donors (Lipinski definition) is 0. The average Bonchev–Trinajstić information content (AvgIpc) is 3.63. The monoisotopic (exact) mass is 705 g/mol. The van der Waals surface area contributed by atoms with Gasteiger partial charge in [-0.3, -0.25) is 0 Å². The largest absolute Gasteiger partial charge is 0.459 e. The van der Waals surface area contributed by atoms with Crippen LogP contribution in [0.2, 0.25) is 15.1 Å². The number of halogens is 3. The highest BCUT2D eigenvalue weighted by Gasteiger charge is 2.53. The highest BCUT2D eigenvalue weighted by atomic mass is 35.5. The minimum atomic E-state index is -1.31. The van der Waals surface area contributed by atoms with Crippen molar-refractivity contribution in [2.24, 2.45) is 0 Å². The van der Waals surface area contributed by atoms with E-state index in [9.17, 15) is 14.4 Å². The fourth-order valence-corrected chi connectivity index (χ4v) is 6.18. The molecule has 48 heavy (non-hydrogen) atoms. The molecule has 0 saturated carbocycles. The third-order valence-electron chi connectivity index (χ3n) is 7.39. The number of aromatic nitrogens is 3. The van der Waals surface area contributed by atoms with Gasteiger partial charge in [0, 0.05) is 5.02 Å². The average molecular weight is 707 g/mol. The molecule has 0 aliphatic carbocycles. The summed E-state index contributed by atoms with van der Waals surface area (Å²) in [6, 6.07) is 27.9. The van der Waals surface area contributed by atoms with Gasteiger partial charge in [0.1, 0.15) is 24.2 Å². The number of benzene rings is 4. The van der Waals surface area contributed by atoms with E-state index in [2.05, 4.69) is 10.1 Å². The van der Waals surface area contributed by atoms with Gasteiger partial charge in [-0.15, -0.1) is 0 Å². The van der Waals surface area contributed by atoms with Gasteiger partial charge in [-0.05, 0) is 55.5 Å². The molecule has 0 unspecified atom stereocenters. The Hall–Kier alpha value is -4.74. The van der Waals surface area contributed by atoms with Gasteiger partial charge < -0.3 is 18.9 Å². The summed E-state index contributed by atoms with van der Waals surface area (Å²) in [5.74, 6) is -1.64. The van der Waals surface area contributed by atoms with Gasteiger partial charge in [0.25, 0.3) is 0 Å². The number of hydrogen-bond acceptors (Lipinski definition) is 9. The molecule has 1 fully saturated rings. The second-order valence-corrected chi connectivity index (χ2v) is 11.9. The van der Waals surface area contributed by atoms with E-state index in [4.69, 9.17) is 53.8 Å². The molecule has 244 valence electrons. The Labute approximate surface area is 290 Å². The van der Waals surface area contributed by atoms with Crippen molar-refractivity contribution < 1.29 is 33.3 Å². The van der Waals surface area contributed by atoms with Gasteiger partial charge in [-0.2, -0.15) is 5.10 Å². The van der Waals surface area contributed by atoms with Crippen molar-refractivity contribution in [2.45, 2.75) is 31.3 Å². The molecule has 2 heterocycles. The zero-order valence-corrected chi connectivity index (χ0v) is 27.4. The van der Waals surface area contributed by atoms with Gasteiger partial charge in [0.15, 0.2) is 24.1 Å². The second kappa shape index (κ2) is 14.6. The standard InChI is InChI=1S/C35H26Cl3N3O7/c1-20-39-32(41(40-20)28-25(37)17-24(36)18-26(28)38)31-30(48-35(44)23-15-9-4-10-16-23)29(47-34(43)22-13-7-3-8-14-22)27(46-31)19-45-33(42)21-11-5-2-6-12-21/h2-18,27,29-31H,19H2,1H3/t27-,29-,30-,31-/m1/s1. The number of esters is 3. The Balaban J connectivity index is 1.42. The van der Waals surface area contributed by atoms with E-state index < -0.39 is 42.3 Å². The maximum absolute atomic E-state index is 13.5. The van der Waals surface area contributed by atoms with E-state index in [-0.39, 0.29) is 39.3 Å². The molecule has 1 aliphatic rings. The van der Waals surface area contributed by atoms with Crippen LogP contribution >= 0.6 is 34.8 Å². The lowest BCUT2D eigenvalue weighted by Gasteiger charge is -2.24. The molecule has 10 nitrogen and oxygen atoms in total. The minimum Gasteiger partial charge on any atom is -0.459 e. The van der Waals surface area contributed by atoms with Crippen LogP contribution in [-0.4, -0.2) is 57.6 Å². The van der Waals surface area contributed by atoms with Gasteiger partial charge >= 0.3 is 17.9 Å². The summed E-state index contributed by atoms with van der Waals surface area (Å²) >= 11 is 19.3. The van der Waals surface area contributed by atoms with E-state index in [1.54, 1.807) is 97.9 Å². The first-order valence-electron chi connectivity index (χ1n) is 14.7. The maximum Gasteiger partial charge on any atom is 0.338 e. The van der Waals surface area contributed by atoms with Crippen molar-refractivity contribution in [3.63, 3.8) is 0 Å². The van der Waals surface area contributed by atoms with Crippen LogP contribution in [0.3, 0.4) is 0 Å². The number of aryl methyl sites for hydroxylation is 1. The molecule has 0 radical (unpaired) electrons. The van der Waals surface area contributed by atoms with Crippen molar-refractivity contribution in [2.75, 3.05) is 6.61 Å². The quantitative estimate of drug-likeness (QED) is 0.115. The van der Waals surface area contributed by atoms with Crippen LogP contribution in [0.1, 0.15) is 48.8 Å². The number of nitrogens with zero attached hydrogens (tertiary/aromatic N) is 3. The fourth-order valence-electron chi connectivity index (χ4n) is 5.20. The van der Waals surface area contributed by atoms with Crippen molar-refractivity contribution in [1.82, 2.24) is 14.8 Å². The van der Waals surface area contributed by atoms with Crippen molar-refractivity contribution in [3.8, 4) is 5.69 Å². The molecule has 1 aromatic heterocycles. The summed E-state index contributed by atoms with van der Waals surface area (Å²) in [4.78, 5) is 44.5. The SMILES string of the molecule is Cc1nc([C@@H]2O[C@H](COC(=O)c3ccccc3)[C@@H](OC(=O)c3ccccc3)[C@H]2OC(=O)c2ccccc2)n(-c2c(Cl)cc(Cl)cc2Cl)n1. The molecular formula is C35H26Cl3N3O7. The zero-order chi connectivity index (χ0) is 33.8. The Kier molecular flexibility index (Phi) is 10.1. The molecule has 5 aromatic rings. The summed E-state index contributed by atoms with van der Waals surface area (Å²) in [5, 5.41) is 5.12. The van der Waals surface area contributed by atoms with Gasteiger partial charge in [-0.1, -0.05) is 89.4 Å². The number of rotatable bonds is 9. The van der Waals surface area contributed by atoms with Gasteiger partial charge in [0.05, 0.1) is 26.7 Å². The number of carbonyl (C=O) groups excluding carboxylic acids is 3. The van der Waals surface area contributed by atoms with Crippen LogP contribution in [0.25, 0.3) is 5.69 Å². The summed E-state index contributed by atoms with van der Waals surface area (Å²) in [6.07, 6.45) is -4.92. The fraction of sp³-hybridized carbons (Fsp3) is 0.171. The number of carbonyl (C=O) groups is 3. The Morgan fingerprint density at radius 2 is 1.21 bits per heavy atom. The summed E-state index contributed by atoms with van der Waals surface area (Å²) in [6.45, 7) is 1.27. The molecule has 0 bridgehead atoms. The van der Waals surface area contributed by atoms with Crippen molar-refractivity contribution in [3.05, 3.63) is 147 Å². The van der Waals surface area contributed by atoms with Crippen LogP contribution in [0.5, 0.6) is 0 Å². The summed E-state index contributed by atoms with van der Waals surface area (Å²) in [7, 11) is 0. The lowest BCUT2D eigenvalue weighted by molar-refractivity contribution is -0.0455. The molecule has 0 N–H and O–H groups in total. The highest BCUT2D eigenvalue weighted by molar-refractivity contribution is 6.40. The van der Waals surface area contributed by atoms with Gasteiger partial charge in [0.2, 0.25) is 0 Å². The predicted octanol–water partition coefficient (Wildman–Crippen LogP) is 7.28. The third kappa shape index (κ3) is 7.22. The normalized spacial score (nSPS) is 18.7. The van der Waals surface area contributed by atoms with Gasteiger partial charge in [-0.25, -0.2) is 24.0 Å². The Bertz CT molecular complexity index is 1920. The third-order valence-corrected chi connectivity index (χ3v) is 8.18. The molecule has 4 atom stereocenters. The van der Waals surface area contributed by atoms with E-state index >= 15 is 0 Å². The van der Waals surface area contributed by atoms with Crippen molar-refractivity contribution >= 4 is 52.7 Å². The lowest BCUT2D eigenvalue weighted by atomic mass is 10.1. The molecule has 0 amide bonds. The molecule has 1 aliphatic heterocycles. The first kappa shape index (κ1) is 33.2. The van der Waals surface area contributed by atoms with Crippen LogP contribution in [-0.2, 0) is 18.9 Å². The van der Waals surface area contributed by atoms with Crippen LogP contribution < -0.4 is 0 Å². The Morgan fingerprint density at radius 1 is 0.729 bits per heavy atom. The topological polar surface area (TPSA) is 119 Å². The minimum absolute atomic E-state index is 0.127. The van der Waals surface area contributed by atoms with Crippen LogP contribution in [0.15, 0.2) is 103 Å². The highest BCUT2D eigenvalue weighted by Crippen LogP contribution is 2.41. The molecular weight excluding hydrogens is 681 g/mol. The molecule has 0 spiro atoms. The van der Waals surface area contributed by atoms with Crippen LogP contribution in [0.4, 0.5) is 0 Å². The van der Waals surface area contributed by atoms with E-state index in [0.29, 0.717) is 16.4 Å². The predicted molar refractivity (Wildman–Crippen MR) is 177 cm³/mol. The molecule has 13 heteroatoms. The maximum atomic E-state index is 13.5. The van der Waals surface area contributed by atoms with Crippen molar-refractivity contribution in [1.29, 1.82) is 0 Å². The second-order valence-electron chi connectivity index (χ2n) is 10.7. The first-order chi connectivity index (χ1) is 23.2. The van der Waals surface area contributed by atoms with E-state index in [1.807, 2.05) is 0 Å². The summed E-state index contributed by atoms with van der Waals surface area (Å²) < 4.78 is 25.5. The summed E-state index contributed by atoms with van der Waals surface area (Å²) in [5.41, 5.74) is 1.03. The van der Waals surface area contributed by atoms with E-state index in [0.717, 1.165) is 0 Å². The number of ether oxygens (including phenoxy) is 4. The molecule has 4 aromatic carbocycles. The van der Waals surface area contributed by atoms with E-state index in [1.165, 1.54) is 16.8 Å². The molecule has 6 rings (SSSR count). The van der Waals surface area contributed by atoms with Crippen LogP contribution in [0, 0.1) is 6.92 Å². The first-order valence-corrected chi connectivity index (χ1v) is 15.8. The zero-order valence-electron chi connectivity index (χ0n) is 25.2. The lowest BCUT2D eigenvalue weighted by Crippen LogP contribution is -2.41. The molecule has 1 saturated heterocycles. The smallest absolute Gasteiger partial charge is 0.338 e. The Morgan fingerprint density at radius 3 is 1.73 bits per heavy atom.